The van der Waals surface area contributed by atoms with E-state index in [9.17, 15) is 9.59 Å². The molecule has 168 valence electrons. The molecule has 0 spiro atoms. The van der Waals surface area contributed by atoms with Gasteiger partial charge >= 0.3 is 0 Å². The van der Waals surface area contributed by atoms with Gasteiger partial charge in [-0.2, -0.15) is 0 Å². The highest BCUT2D eigenvalue weighted by atomic mass is 16.5. The van der Waals surface area contributed by atoms with Crippen molar-refractivity contribution in [3.05, 3.63) is 94.5 Å². The van der Waals surface area contributed by atoms with Crippen LogP contribution in [0.15, 0.2) is 66.7 Å². The molecular formula is C27H26N2O4. The number of hydrogen-bond donors (Lipinski definition) is 1. The third kappa shape index (κ3) is 3.61. The smallest absolute Gasteiger partial charge is 0.254 e. The van der Waals surface area contributed by atoms with E-state index in [0.717, 1.165) is 23.1 Å². The molecule has 0 saturated heterocycles. The van der Waals surface area contributed by atoms with Gasteiger partial charge in [-0.3, -0.25) is 9.59 Å². The molecule has 0 fully saturated rings. The maximum Gasteiger partial charge on any atom is 0.254 e. The molecule has 0 aromatic heterocycles. The van der Waals surface area contributed by atoms with Crippen molar-refractivity contribution in [1.29, 1.82) is 0 Å². The van der Waals surface area contributed by atoms with Crippen molar-refractivity contribution >= 4 is 11.8 Å². The van der Waals surface area contributed by atoms with Gasteiger partial charge in [0.2, 0.25) is 5.91 Å². The molecule has 3 aromatic rings. The zero-order valence-electron chi connectivity index (χ0n) is 18.7. The minimum atomic E-state index is -0.496. The molecule has 0 radical (unpaired) electrons. The Balaban J connectivity index is 1.51. The number of rotatable bonds is 5. The van der Waals surface area contributed by atoms with Crippen molar-refractivity contribution in [2.24, 2.45) is 0 Å². The summed E-state index contributed by atoms with van der Waals surface area (Å²) >= 11 is 0. The molecule has 33 heavy (non-hydrogen) atoms. The Bertz CT molecular complexity index is 1220. The van der Waals surface area contributed by atoms with Crippen LogP contribution in [0.25, 0.3) is 0 Å². The maximum absolute atomic E-state index is 13.7. The van der Waals surface area contributed by atoms with E-state index in [4.69, 9.17) is 9.47 Å². The Kier molecular flexibility index (Phi) is 5.50. The molecule has 5 rings (SSSR count). The molecule has 3 aromatic carbocycles. The number of hydrogen-bond acceptors (Lipinski definition) is 4. The van der Waals surface area contributed by atoms with Gasteiger partial charge in [0.15, 0.2) is 0 Å². The third-order valence-electron chi connectivity index (χ3n) is 6.66. The highest BCUT2D eigenvalue weighted by Crippen LogP contribution is 2.45. The topological polar surface area (TPSA) is 67.9 Å². The van der Waals surface area contributed by atoms with Crippen LogP contribution in [0.4, 0.5) is 0 Å². The Morgan fingerprint density at radius 2 is 1.76 bits per heavy atom. The summed E-state index contributed by atoms with van der Waals surface area (Å²) in [6, 6.07) is 20.8. The summed E-state index contributed by atoms with van der Waals surface area (Å²) in [7, 11) is 3.20. The van der Waals surface area contributed by atoms with E-state index in [0.29, 0.717) is 30.2 Å². The number of methoxy groups -OCH3 is 2. The van der Waals surface area contributed by atoms with Crippen molar-refractivity contribution in [3.63, 3.8) is 0 Å². The summed E-state index contributed by atoms with van der Waals surface area (Å²) in [5.41, 5.74) is 4.48. The van der Waals surface area contributed by atoms with Crippen LogP contribution < -0.4 is 14.8 Å². The molecule has 0 bridgehead atoms. The van der Waals surface area contributed by atoms with Crippen LogP contribution in [0.5, 0.6) is 11.5 Å². The van der Waals surface area contributed by atoms with Crippen LogP contribution in [0.3, 0.4) is 0 Å². The number of fused-ring (bicyclic) bond motifs is 4. The lowest BCUT2D eigenvalue weighted by Crippen LogP contribution is -2.50. The fourth-order valence-electron chi connectivity index (χ4n) is 5.05. The normalized spacial score (nSPS) is 18.6. The Morgan fingerprint density at radius 1 is 1.00 bits per heavy atom. The first-order chi connectivity index (χ1) is 16.1. The molecule has 0 aliphatic carbocycles. The summed E-state index contributed by atoms with van der Waals surface area (Å²) in [4.78, 5) is 28.9. The predicted octanol–water partition coefficient (Wildman–Crippen LogP) is 3.86. The van der Waals surface area contributed by atoms with E-state index in [1.54, 1.807) is 20.3 Å². The highest BCUT2D eigenvalue weighted by Gasteiger charge is 2.46. The van der Waals surface area contributed by atoms with Crippen LogP contribution in [0, 0.1) is 0 Å². The summed E-state index contributed by atoms with van der Waals surface area (Å²) in [6.45, 7) is 0.915. The van der Waals surface area contributed by atoms with Gasteiger partial charge in [0.05, 0.1) is 26.2 Å². The number of benzene rings is 3. The molecular weight excluding hydrogens is 416 g/mol. The number of carbonyl (C=O) groups excluding carboxylic acids is 2. The average molecular weight is 443 g/mol. The summed E-state index contributed by atoms with van der Waals surface area (Å²) in [5.74, 6) is 0.727. The maximum atomic E-state index is 13.7. The van der Waals surface area contributed by atoms with E-state index in [1.807, 2.05) is 59.5 Å². The van der Waals surface area contributed by atoms with Crippen LogP contribution in [-0.4, -0.2) is 37.5 Å². The number of nitrogens with zero attached hydrogens (tertiary/aromatic N) is 1. The van der Waals surface area contributed by atoms with Crippen molar-refractivity contribution in [2.45, 2.75) is 24.9 Å². The number of ether oxygens (including phenoxy) is 2. The Morgan fingerprint density at radius 3 is 2.55 bits per heavy atom. The lowest BCUT2D eigenvalue weighted by Gasteiger charge is -2.45. The van der Waals surface area contributed by atoms with Gasteiger partial charge in [0, 0.05) is 30.3 Å². The monoisotopic (exact) mass is 442 g/mol. The second-order valence-electron chi connectivity index (χ2n) is 8.35. The third-order valence-corrected chi connectivity index (χ3v) is 6.66. The van der Waals surface area contributed by atoms with Crippen molar-refractivity contribution < 1.29 is 19.1 Å². The highest BCUT2D eigenvalue weighted by molar-refractivity contribution is 6.01. The first-order valence-corrected chi connectivity index (χ1v) is 11.1. The van der Waals surface area contributed by atoms with Crippen LogP contribution in [0.2, 0.25) is 0 Å². The van der Waals surface area contributed by atoms with Crippen molar-refractivity contribution in [3.8, 4) is 11.5 Å². The van der Waals surface area contributed by atoms with Gasteiger partial charge in [-0.25, -0.2) is 0 Å². The van der Waals surface area contributed by atoms with E-state index in [1.165, 1.54) is 5.56 Å². The van der Waals surface area contributed by atoms with Gasteiger partial charge in [-0.05, 0) is 41.3 Å². The second kappa shape index (κ2) is 8.62. The van der Waals surface area contributed by atoms with Gasteiger partial charge in [-0.15, -0.1) is 0 Å². The van der Waals surface area contributed by atoms with Crippen molar-refractivity contribution in [1.82, 2.24) is 10.2 Å². The molecule has 0 unspecified atom stereocenters. The summed E-state index contributed by atoms with van der Waals surface area (Å²) < 4.78 is 10.8. The Labute approximate surface area is 193 Å². The minimum absolute atomic E-state index is 0.00835. The summed E-state index contributed by atoms with van der Waals surface area (Å²) in [5, 5.41) is 3.10. The number of nitrogens with one attached hydrogen (secondary N) is 1. The van der Waals surface area contributed by atoms with Crippen molar-refractivity contribution in [2.75, 3.05) is 20.8 Å². The van der Waals surface area contributed by atoms with Crippen LogP contribution in [-0.2, 0) is 17.8 Å². The van der Waals surface area contributed by atoms with E-state index in [2.05, 4.69) is 11.4 Å². The summed E-state index contributed by atoms with van der Waals surface area (Å²) in [6.07, 6.45) is 0.790. The van der Waals surface area contributed by atoms with Gasteiger partial charge in [0.25, 0.3) is 5.91 Å². The van der Waals surface area contributed by atoms with Gasteiger partial charge in [0.1, 0.15) is 11.5 Å². The van der Waals surface area contributed by atoms with Gasteiger partial charge in [-0.1, -0.05) is 42.5 Å². The number of carbonyl (C=O) groups is 2. The lowest BCUT2D eigenvalue weighted by atomic mass is 9.76. The van der Waals surface area contributed by atoms with E-state index < -0.39 is 5.92 Å². The molecule has 0 saturated carbocycles. The van der Waals surface area contributed by atoms with Gasteiger partial charge < -0.3 is 19.7 Å². The lowest BCUT2D eigenvalue weighted by molar-refractivity contribution is -0.124. The quantitative estimate of drug-likeness (QED) is 0.652. The van der Waals surface area contributed by atoms with E-state index in [-0.39, 0.29) is 17.9 Å². The fourth-order valence-corrected chi connectivity index (χ4v) is 5.05. The molecule has 2 heterocycles. The SMILES string of the molecule is COc1ccc(CNC(=O)[C@@H]2c3ccccc3C(=O)N3CCc4ccccc4[C@H]23)c(OC)c1. The zero-order chi connectivity index (χ0) is 22.9. The second-order valence-corrected chi connectivity index (χ2v) is 8.35. The molecule has 2 amide bonds. The Hall–Kier alpha value is -3.80. The predicted molar refractivity (Wildman–Crippen MR) is 124 cm³/mol. The largest absolute Gasteiger partial charge is 0.497 e. The first kappa shape index (κ1) is 21.1. The molecule has 1 N–H and O–H groups in total. The number of amides is 2. The van der Waals surface area contributed by atoms with Crippen LogP contribution in [0.1, 0.15) is 44.6 Å². The standard InChI is InChI=1S/C27H26N2O4/c1-32-19-12-11-18(23(15-19)33-2)16-28-26(30)24-21-9-5-6-10-22(21)27(31)29-14-13-17-7-3-4-8-20(17)25(24)29/h3-12,15,24-25H,13-14,16H2,1-2H3,(H,28,30)/t24-,25-/m1/s1. The molecule has 6 heteroatoms. The van der Waals surface area contributed by atoms with E-state index >= 15 is 0 Å². The molecule has 2 atom stereocenters. The van der Waals surface area contributed by atoms with Crippen LogP contribution >= 0.6 is 0 Å². The molecule has 2 aliphatic heterocycles. The average Bonchev–Trinajstić information content (AvgIpc) is 2.87. The molecule has 2 aliphatic rings. The molecule has 6 nitrogen and oxygen atoms in total. The fraction of sp³-hybridized carbons (Fsp3) is 0.259. The first-order valence-electron chi connectivity index (χ1n) is 11.1. The zero-order valence-corrected chi connectivity index (χ0v) is 18.7. The minimum Gasteiger partial charge on any atom is -0.497 e.